The van der Waals surface area contributed by atoms with E-state index in [1.807, 2.05) is 6.26 Å². The minimum atomic E-state index is -4.85. The second kappa shape index (κ2) is 7.90. The smallest absolute Gasteiger partial charge is 0.404 e. The van der Waals surface area contributed by atoms with Crippen LogP contribution in [0.5, 0.6) is 5.75 Å². The van der Waals surface area contributed by atoms with E-state index in [0.29, 0.717) is 16.6 Å². The number of amides is 1. The van der Waals surface area contributed by atoms with E-state index < -0.39 is 24.1 Å². The first-order valence-corrected chi connectivity index (χ1v) is 8.02. The van der Waals surface area contributed by atoms with Gasteiger partial charge in [-0.1, -0.05) is 15.9 Å². The molecule has 9 heteroatoms. The summed E-state index contributed by atoms with van der Waals surface area (Å²) in [7, 11) is 0. The molecule has 1 rings (SSSR count). The number of carbonyl (C=O) groups excluding carboxylic acids is 1. The summed E-state index contributed by atoms with van der Waals surface area (Å²) in [6.45, 7) is 0. The lowest BCUT2D eigenvalue weighted by molar-refractivity contribution is -0.274. The Morgan fingerprint density at radius 3 is 2.76 bits per heavy atom. The van der Waals surface area contributed by atoms with Crippen molar-refractivity contribution < 1.29 is 22.7 Å². The number of alkyl halides is 3. The zero-order chi connectivity index (χ0) is 16.0. The van der Waals surface area contributed by atoms with Crippen LogP contribution in [0, 0.1) is 0 Å². The van der Waals surface area contributed by atoms with Gasteiger partial charge in [0.15, 0.2) is 5.75 Å². The van der Waals surface area contributed by atoms with E-state index in [4.69, 9.17) is 5.73 Å². The Hall–Kier alpha value is -0.930. The fraction of sp³-hybridized carbons (Fsp3) is 0.417. The van der Waals surface area contributed by atoms with Gasteiger partial charge in [0, 0.05) is 4.47 Å². The minimum absolute atomic E-state index is 0.0832. The molecule has 0 fully saturated rings. The largest absolute Gasteiger partial charge is 0.573 e. The normalized spacial score (nSPS) is 12.9. The average Bonchev–Trinajstić information content (AvgIpc) is 2.37. The third-order valence-electron chi connectivity index (χ3n) is 2.40. The summed E-state index contributed by atoms with van der Waals surface area (Å²) in [6, 6.07) is 3.13. The van der Waals surface area contributed by atoms with E-state index in [9.17, 15) is 18.0 Å². The summed E-state index contributed by atoms with van der Waals surface area (Å²) < 4.78 is 41.3. The molecule has 0 saturated heterocycles. The lowest BCUT2D eigenvalue weighted by atomic mass is 10.2. The molecular formula is C12H14BrF3N2O2S. The van der Waals surface area contributed by atoms with Crippen molar-refractivity contribution >= 4 is 39.3 Å². The first-order valence-electron chi connectivity index (χ1n) is 5.83. The number of nitrogens with two attached hydrogens (primary N) is 1. The molecule has 21 heavy (non-hydrogen) atoms. The van der Waals surface area contributed by atoms with Crippen LogP contribution >= 0.6 is 27.7 Å². The molecule has 1 amide bonds. The van der Waals surface area contributed by atoms with Gasteiger partial charge in [-0.05, 0) is 36.6 Å². The van der Waals surface area contributed by atoms with E-state index in [2.05, 4.69) is 26.0 Å². The van der Waals surface area contributed by atoms with Gasteiger partial charge in [-0.2, -0.15) is 11.8 Å². The molecule has 0 saturated carbocycles. The molecule has 1 aromatic carbocycles. The number of benzene rings is 1. The number of anilines is 1. The zero-order valence-corrected chi connectivity index (χ0v) is 13.4. The average molecular weight is 387 g/mol. The van der Waals surface area contributed by atoms with Crippen molar-refractivity contribution in [3.63, 3.8) is 0 Å². The van der Waals surface area contributed by atoms with E-state index >= 15 is 0 Å². The van der Waals surface area contributed by atoms with Crippen molar-refractivity contribution in [3.05, 3.63) is 22.7 Å². The Morgan fingerprint density at radius 2 is 2.19 bits per heavy atom. The fourth-order valence-corrected chi connectivity index (χ4v) is 2.24. The van der Waals surface area contributed by atoms with Crippen LogP contribution in [0.1, 0.15) is 6.42 Å². The molecule has 4 nitrogen and oxygen atoms in total. The van der Waals surface area contributed by atoms with E-state index in [-0.39, 0.29) is 5.69 Å². The third kappa shape index (κ3) is 6.58. The first kappa shape index (κ1) is 18.1. The molecule has 0 unspecified atom stereocenters. The maximum atomic E-state index is 12.3. The molecular weight excluding hydrogens is 373 g/mol. The minimum Gasteiger partial charge on any atom is -0.404 e. The maximum absolute atomic E-state index is 12.3. The lowest BCUT2D eigenvalue weighted by Crippen LogP contribution is -2.36. The van der Waals surface area contributed by atoms with Crippen LogP contribution in [-0.4, -0.2) is 30.3 Å². The van der Waals surface area contributed by atoms with Crippen molar-refractivity contribution in [3.8, 4) is 5.75 Å². The van der Waals surface area contributed by atoms with Gasteiger partial charge in [-0.3, -0.25) is 4.79 Å². The van der Waals surface area contributed by atoms with Crippen molar-refractivity contribution in [2.75, 3.05) is 17.3 Å². The van der Waals surface area contributed by atoms with Crippen molar-refractivity contribution in [2.45, 2.75) is 18.8 Å². The Kier molecular flexibility index (Phi) is 6.82. The second-order valence-electron chi connectivity index (χ2n) is 4.07. The number of hydrogen-bond donors (Lipinski definition) is 2. The van der Waals surface area contributed by atoms with Crippen LogP contribution in [0.15, 0.2) is 22.7 Å². The zero-order valence-electron chi connectivity index (χ0n) is 11.0. The molecule has 0 aliphatic heterocycles. The highest BCUT2D eigenvalue weighted by Crippen LogP contribution is 2.33. The Bertz CT molecular complexity index is 500. The molecule has 0 aliphatic rings. The number of carbonyl (C=O) groups is 1. The standard InChI is InChI=1S/C12H14BrF3N2O2S/c1-21-5-4-8(17)11(19)18-9-3-2-7(13)6-10(9)20-12(14,15)16/h2-3,6,8H,4-5,17H2,1H3,(H,18,19)/t8-/m1/s1. The molecule has 0 radical (unpaired) electrons. The topological polar surface area (TPSA) is 64.4 Å². The third-order valence-corrected chi connectivity index (χ3v) is 3.53. The molecule has 3 N–H and O–H groups in total. The number of nitrogens with one attached hydrogen (secondary N) is 1. The molecule has 118 valence electrons. The highest BCUT2D eigenvalue weighted by Gasteiger charge is 2.32. The second-order valence-corrected chi connectivity index (χ2v) is 5.97. The van der Waals surface area contributed by atoms with Gasteiger partial charge >= 0.3 is 6.36 Å². The number of hydrogen-bond acceptors (Lipinski definition) is 4. The van der Waals surface area contributed by atoms with E-state index in [1.165, 1.54) is 23.9 Å². The monoisotopic (exact) mass is 386 g/mol. The van der Waals surface area contributed by atoms with Gasteiger partial charge in [0.25, 0.3) is 0 Å². The van der Waals surface area contributed by atoms with Crippen LogP contribution in [0.4, 0.5) is 18.9 Å². The SMILES string of the molecule is CSCC[C@@H](N)C(=O)Nc1ccc(Br)cc1OC(F)(F)F. The number of halogens is 4. The number of thioether (sulfide) groups is 1. The molecule has 1 atom stereocenters. The molecule has 0 aliphatic carbocycles. The molecule has 0 bridgehead atoms. The fourth-order valence-electron chi connectivity index (χ4n) is 1.41. The predicted octanol–water partition coefficient (Wildman–Crippen LogP) is 3.37. The van der Waals surface area contributed by atoms with Crippen LogP contribution in [0.2, 0.25) is 0 Å². The molecule has 0 spiro atoms. The first-order chi connectivity index (χ1) is 9.73. The molecule has 0 aromatic heterocycles. The van der Waals surface area contributed by atoms with Crippen molar-refractivity contribution in [1.82, 2.24) is 0 Å². The Labute approximate surface area is 132 Å². The van der Waals surface area contributed by atoms with Gasteiger partial charge < -0.3 is 15.8 Å². The highest BCUT2D eigenvalue weighted by molar-refractivity contribution is 9.10. The van der Waals surface area contributed by atoms with Crippen LogP contribution < -0.4 is 15.8 Å². The summed E-state index contributed by atoms with van der Waals surface area (Å²) in [6.07, 6.45) is -2.55. The maximum Gasteiger partial charge on any atom is 0.573 e. The van der Waals surface area contributed by atoms with Gasteiger partial charge in [-0.15, -0.1) is 13.2 Å². The number of ether oxygens (including phenoxy) is 1. The van der Waals surface area contributed by atoms with Gasteiger partial charge in [0.05, 0.1) is 11.7 Å². The van der Waals surface area contributed by atoms with Crippen LogP contribution in [0.3, 0.4) is 0 Å². The predicted molar refractivity (Wildman–Crippen MR) is 80.4 cm³/mol. The Balaban J connectivity index is 2.85. The Morgan fingerprint density at radius 1 is 1.52 bits per heavy atom. The summed E-state index contributed by atoms with van der Waals surface area (Å²) in [5.74, 6) is -0.374. The molecule has 0 heterocycles. The van der Waals surface area contributed by atoms with Gasteiger partial charge in [0.2, 0.25) is 5.91 Å². The van der Waals surface area contributed by atoms with E-state index in [0.717, 1.165) is 6.07 Å². The summed E-state index contributed by atoms with van der Waals surface area (Å²) in [5.41, 5.74) is 5.58. The van der Waals surface area contributed by atoms with Gasteiger partial charge in [-0.25, -0.2) is 0 Å². The quantitative estimate of drug-likeness (QED) is 0.786. The summed E-state index contributed by atoms with van der Waals surface area (Å²) in [5, 5.41) is 2.35. The van der Waals surface area contributed by atoms with Crippen molar-refractivity contribution in [1.29, 1.82) is 0 Å². The van der Waals surface area contributed by atoms with Crippen molar-refractivity contribution in [2.24, 2.45) is 5.73 Å². The van der Waals surface area contributed by atoms with Gasteiger partial charge in [0.1, 0.15) is 0 Å². The van der Waals surface area contributed by atoms with Crippen LogP contribution in [-0.2, 0) is 4.79 Å². The molecule has 1 aromatic rings. The summed E-state index contributed by atoms with van der Waals surface area (Å²) >= 11 is 4.57. The van der Waals surface area contributed by atoms with Crippen LogP contribution in [0.25, 0.3) is 0 Å². The highest BCUT2D eigenvalue weighted by atomic mass is 79.9. The number of rotatable bonds is 6. The lowest BCUT2D eigenvalue weighted by Gasteiger charge is -2.16. The van der Waals surface area contributed by atoms with E-state index in [1.54, 1.807) is 0 Å². The summed E-state index contributed by atoms with van der Waals surface area (Å²) in [4.78, 5) is 11.8.